The molecule has 15 heavy (non-hydrogen) atoms. The quantitative estimate of drug-likeness (QED) is 0.697. The summed E-state index contributed by atoms with van der Waals surface area (Å²) in [6.45, 7) is 1.64. The highest BCUT2D eigenvalue weighted by atomic mass is 16.5. The third-order valence-electron chi connectivity index (χ3n) is 3.45. The van der Waals surface area contributed by atoms with Crippen LogP contribution in [0.1, 0.15) is 32.1 Å². The molecule has 2 rings (SSSR count). The Labute approximate surface area is 91.1 Å². The van der Waals surface area contributed by atoms with Gasteiger partial charge in [-0.2, -0.15) is 0 Å². The van der Waals surface area contributed by atoms with Crippen LogP contribution in [0, 0.1) is 11.8 Å². The number of hydrogen-bond acceptors (Lipinski definition) is 3. The van der Waals surface area contributed by atoms with Crippen LogP contribution in [-0.2, 0) is 14.3 Å². The lowest BCUT2D eigenvalue weighted by atomic mass is 9.92. The van der Waals surface area contributed by atoms with Gasteiger partial charge in [-0.15, -0.1) is 0 Å². The SMILES string of the molecule is COC(C(=O)CC1CCOCC1)C1CC1. The Morgan fingerprint density at radius 1 is 1.33 bits per heavy atom. The third-order valence-corrected chi connectivity index (χ3v) is 3.45. The normalized spacial score (nSPS) is 25.1. The zero-order valence-electron chi connectivity index (χ0n) is 9.41. The summed E-state index contributed by atoms with van der Waals surface area (Å²) in [5.41, 5.74) is 0. The Kier molecular flexibility index (Phi) is 3.76. The maximum atomic E-state index is 12.0. The highest BCUT2D eigenvalue weighted by Gasteiger charge is 2.36. The molecule has 1 unspecified atom stereocenters. The molecule has 86 valence electrons. The van der Waals surface area contributed by atoms with E-state index in [4.69, 9.17) is 9.47 Å². The summed E-state index contributed by atoms with van der Waals surface area (Å²) in [5.74, 6) is 1.36. The molecular formula is C12H20O3. The van der Waals surface area contributed by atoms with E-state index in [2.05, 4.69) is 0 Å². The summed E-state index contributed by atoms with van der Waals surface area (Å²) in [4.78, 5) is 12.0. The largest absolute Gasteiger partial charge is 0.381 e. The number of rotatable bonds is 5. The fourth-order valence-electron chi connectivity index (χ4n) is 2.34. The molecule has 0 amide bonds. The molecule has 3 nitrogen and oxygen atoms in total. The van der Waals surface area contributed by atoms with Crippen LogP contribution in [0.3, 0.4) is 0 Å². The number of ketones is 1. The van der Waals surface area contributed by atoms with Crippen LogP contribution in [0.2, 0.25) is 0 Å². The molecule has 0 aromatic heterocycles. The minimum absolute atomic E-state index is 0.118. The van der Waals surface area contributed by atoms with Crippen molar-refractivity contribution in [2.45, 2.75) is 38.2 Å². The molecule has 1 heterocycles. The first-order valence-electron chi connectivity index (χ1n) is 5.94. The van der Waals surface area contributed by atoms with Crippen molar-refractivity contribution in [3.8, 4) is 0 Å². The van der Waals surface area contributed by atoms with E-state index in [-0.39, 0.29) is 6.10 Å². The van der Waals surface area contributed by atoms with Crippen LogP contribution in [-0.4, -0.2) is 32.2 Å². The fraction of sp³-hybridized carbons (Fsp3) is 0.917. The Morgan fingerprint density at radius 2 is 2.00 bits per heavy atom. The van der Waals surface area contributed by atoms with Gasteiger partial charge in [-0.3, -0.25) is 4.79 Å². The zero-order chi connectivity index (χ0) is 10.7. The van der Waals surface area contributed by atoms with Gasteiger partial charge in [-0.1, -0.05) is 0 Å². The first kappa shape index (κ1) is 11.1. The van der Waals surface area contributed by atoms with E-state index in [0.29, 0.717) is 24.0 Å². The predicted molar refractivity (Wildman–Crippen MR) is 56.7 cm³/mol. The summed E-state index contributed by atoms with van der Waals surface area (Å²) in [6, 6.07) is 0. The number of carbonyl (C=O) groups excluding carboxylic acids is 1. The topological polar surface area (TPSA) is 35.5 Å². The minimum atomic E-state index is -0.118. The lowest BCUT2D eigenvalue weighted by Crippen LogP contribution is -2.29. The van der Waals surface area contributed by atoms with Crippen LogP contribution >= 0.6 is 0 Å². The number of carbonyl (C=O) groups is 1. The minimum Gasteiger partial charge on any atom is -0.381 e. The molecule has 2 aliphatic rings. The Bertz CT molecular complexity index is 217. The van der Waals surface area contributed by atoms with Crippen molar-refractivity contribution in [1.82, 2.24) is 0 Å². The van der Waals surface area contributed by atoms with Crippen molar-refractivity contribution in [3.05, 3.63) is 0 Å². The van der Waals surface area contributed by atoms with Gasteiger partial charge in [0.15, 0.2) is 5.78 Å². The average molecular weight is 212 g/mol. The molecule has 0 bridgehead atoms. The van der Waals surface area contributed by atoms with E-state index in [1.807, 2.05) is 0 Å². The molecule has 1 atom stereocenters. The number of methoxy groups -OCH3 is 1. The van der Waals surface area contributed by atoms with Gasteiger partial charge < -0.3 is 9.47 Å². The molecule has 1 saturated carbocycles. The summed E-state index contributed by atoms with van der Waals surface area (Å²) in [7, 11) is 1.66. The van der Waals surface area contributed by atoms with Crippen LogP contribution in [0.25, 0.3) is 0 Å². The number of hydrogen-bond donors (Lipinski definition) is 0. The Hall–Kier alpha value is -0.410. The van der Waals surface area contributed by atoms with Crippen LogP contribution in [0.4, 0.5) is 0 Å². The molecule has 0 radical (unpaired) electrons. The molecule has 1 aliphatic heterocycles. The average Bonchev–Trinajstić information content (AvgIpc) is 3.04. The summed E-state index contributed by atoms with van der Waals surface area (Å²) in [5, 5.41) is 0. The first-order chi connectivity index (χ1) is 7.31. The van der Waals surface area contributed by atoms with Gasteiger partial charge in [0, 0.05) is 26.7 Å². The molecule has 0 aromatic carbocycles. The second kappa shape index (κ2) is 5.08. The van der Waals surface area contributed by atoms with Gasteiger partial charge in [0.2, 0.25) is 0 Å². The standard InChI is InChI=1S/C12H20O3/c1-14-12(10-2-3-10)11(13)8-9-4-6-15-7-5-9/h9-10,12H,2-8H2,1H3. The second-order valence-corrected chi connectivity index (χ2v) is 4.72. The second-order valence-electron chi connectivity index (χ2n) is 4.72. The molecule has 0 N–H and O–H groups in total. The first-order valence-corrected chi connectivity index (χ1v) is 5.94. The van der Waals surface area contributed by atoms with Crippen LogP contribution in [0.5, 0.6) is 0 Å². The monoisotopic (exact) mass is 212 g/mol. The molecule has 3 heteroatoms. The van der Waals surface area contributed by atoms with Gasteiger partial charge in [0.1, 0.15) is 6.10 Å². The fourth-order valence-corrected chi connectivity index (χ4v) is 2.34. The van der Waals surface area contributed by atoms with Crippen molar-refractivity contribution >= 4 is 5.78 Å². The van der Waals surface area contributed by atoms with E-state index in [1.54, 1.807) is 7.11 Å². The van der Waals surface area contributed by atoms with Crippen molar-refractivity contribution in [1.29, 1.82) is 0 Å². The predicted octanol–water partition coefficient (Wildman–Crippen LogP) is 1.80. The molecule has 0 spiro atoms. The van der Waals surface area contributed by atoms with E-state index in [9.17, 15) is 4.79 Å². The Morgan fingerprint density at radius 3 is 2.53 bits per heavy atom. The van der Waals surface area contributed by atoms with E-state index in [1.165, 1.54) is 0 Å². The smallest absolute Gasteiger partial charge is 0.162 e. The van der Waals surface area contributed by atoms with Crippen molar-refractivity contribution in [2.24, 2.45) is 11.8 Å². The van der Waals surface area contributed by atoms with Gasteiger partial charge in [0.05, 0.1) is 0 Å². The highest BCUT2D eigenvalue weighted by Crippen LogP contribution is 2.35. The molecule has 1 aliphatic carbocycles. The molecule has 0 aromatic rings. The van der Waals surface area contributed by atoms with Gasteiger partial charge >= 0.3 is 0 Å². The summed E-state index contributed by atoms with van der Waals surface area (Å²) >= 11 is 0. The maximum Gasteiger partial charge on any atom is 0.162 e. The van der Waals surface area contributed by atoms with Gasteiger partial charge in [-0.25, -0.2) is 0 Å². The number of Topliss-reactive ketones (excluding diaryl/α,β-unsaturated/α-hetero) is 1. The maximum absolute atomic E-state index is 12.0. The summed E-state index contributed by atoms with van der Waals surface area (Å²) < 4.78 is 10.6. The molecule has 1 saturated heterocycles. The van der Waals surface area contributed by atoms with Crippen molar-refractivity contribution in [2.75, 3.05) is 20.3 Å². The van der Waals surface area contributed by atoms with Crippen LogP contribution in [0.15, 0.2) is 0 Å². The van der Waals surface area contributed by atoms with Crippen LogP contribution < -0.4 is 0 Å². The zero-order valence-corrected chi connectivity index (χ0v) is 9.41. The summed E-state index contributed by atoms with van der Waals surface area (Å²) in [6.07, 6.45) is 4.97. The molecular weight excluding hydrogens is 192 g/mol. The van der Waals surface area contributed by atoms with Gasteiger partial charge in [-0.05, 0) is 37.5 Å². The van der Waals surface area contributed by atoms with E-state index >= 15 is 0 Å². The third kappa shape index (κ3) is 3.02. The van der Waals surface area contributed by atoms with Crippen molar-refractivity contribution in [3.63, 3.8) is 0 Å². The lowest BCUT2D eigenvalue weighted by Gasteiger charge is -2.23. The van der Waals surface area contributed by atoms with E-state index in [0.717, 1.165) is 38.9 Å². The lowest BCUT2D eigenvalue weighted by molar-refractivity contribution is -0.131. The Balaban J connectivity index is 1.78. The highest BCUT2D eigenvalue weighted by molar-refractivity contribution is 5.84. The van der Waals surface area contributed by atoms with Crippen molar-refractivity contribution < 1.29 is 14.3 Å². The van der Waals surface area contributed by atoms with Gasteiger partial charge in [0.25, 0.3) is 0 Å². The van der Waals surface area contributed by atoms with E-state index < -0.39 is 0 Å². The molecule has 2 fully saturated rings. The number of ether oxygens (including phenoxy) is 2.